The quantitative estimate of drug-likeness (QED) is 0.520. The first-order valence-electron chi connectivity index (χ1n) is 11.2. The van der Waals surface area contributed by atoms with Crippen LogP contribution in [0.25, 0.3) is 0 Å². The molecule has 0 aromatic rings. The maximum atomic E-state index is 2.60. The second kappa shape index (κ2) is 6.68. The summed E-state index contributed by atoms with van der Waals surface area (Å²) in [6.45, 7) is 5.71. The third-order valence-electron chi connectivity index (χ3n) is 8.14. The Bertz CT molecular complexity index is 493. The van der Waals surface area contributed by atoms with Crippen molar-refractivity contribution in [2.45, 2.75) is 57.8 Å². The minimum atomic E-state index is 0.987. The second-order valence-electron chi connectivity index (χ2n) is 11.2. The first-order valence-corrected chi connectivity index (χ1v) is 11.2. The normalized spacial score (nSPS) is 41.3. The number of quaternary nitrogens is 2. The number of allylic oxidation sites excluding steroid dienone is 2. The highest BCUT2D eigenvalue weighted by molar-refractivity contribution is 5.28. The van der Waals surface area contributed by atoms with Gasteiger partial charge in [-0.1, -0.05) is 24.0 Å². The van der Waals surface area contributed by atoms with Crippen LogP contribution in [0, 0.1) is 23.7 Å². The van der Waals surface area contributed by atoms with E-state index in [-0.39, 0.29) is 0 Å². The van der Waals surface area contributed by atoms with E-state index in [1.165, 1.54) is 88.4 Å². The molecule has 3 fully saturated rings. The average Bonchev–Trinajstić information content (AvgIpc) is 2.92. The van der Waals surface area contributed by atoms with Gasteiger partial charge in [0.05, 0.1) is 54.4 Å². The van der Waals surface area contributed by atoms with Crippen LogP contribution in [0.1, 0.15) is 57.8 Å². The van der Waals surface area contributed by atoms with Crippen molar-refractivity contribution in [3.63, 3.8) is 0 Å². The summed E-state index contributed by atoms with van der Waals surface area (Å²) in [5.74, 6) is 4.02. The topological polar surface area (TPSA) is 0 Å². The van der Waals surface area contributed by atoms with E-state index in [4.69, 9.17) is 0 Å². The smallest absolute Gasteiger partial charge is 0.0839 e. The zero-order valence-electron chi connectivity index (χ0n) is 17.4. The van der Waals surface area contributed by atoms with Crippen LogP contribution in [0.4, 0.5) is 0 Å². The summed E-state index contributed by atoms with van der Waals surface area (Å²) in [4.78, 5) is 0. The van der Waals surface area contributed by atoms with Crippen LogP contribution >= 0.6 is 0 Å². The van der Waals surface area contributed by atoms with Gasteiger partial charge in [0.15, 0.2) is 0 Å². The molecule has 4 rings (SSSR count). The van der Waals surface area contributed by atoms with Crippen molar-refractivity contribution in [3.05, 3.63) is 11.1 Å². The first kappa shape index (κ1) is 18.0. The lowest BCUT2D eigenvalue weighted by molar-refractivity contribution is -0.910. The molecule has 2 heteroatoms. The molecule has 0 aromatic carbocycles. The van der Waals surface area contributed by atoms with Gasteiger partial charge in [-0.25, -0.2) is 0 Å². The third-order valence-corrected chi connectivity index (χ3v) is 8.14. The Kier molecular flexibility index (Phi) is 4.82. The first-order chi connectivity index (χ1) is 11.9. The lowest BCUT2D eigenvalue weighted by atomic mass is 9.58. The van der Waals surface area contributed by atoms with Gasteiger partial charge in [-0.15, -0.1) is 0 Å². The fourth-order valence-corrected chi connectivity index (χ4v) is 7.14. The van der Waals surface area contributed by atoms with Crippen LogP contribution in [0.3, 0.4) is 0 Å². The van der Waals surface area contributed by atoms with Gasteiger partial charge in [-0.3, -0.25) is 0 Å². The van der Waals surface area contributed by atoms with Crippen molar-refractivity contribution in [2.75, 3.05) is 54.4 Å². The van der Waals surface area contributed by atoms with Crippen molar-refractivity contribution in [2.24, 2.45) is 23.7 Å². The summed E-state index contributed by atoms with van der Waals surface area (Å²) in [5.41, 5.74) is 3.99. The molecule has 0 radical (unpaired) electrons. The van der Waals surface area contributed by atoms with E-state index in [1.807, 2.05) is 11.1 Å². The van der Waals surface area contributed by atoms with Crippen LogP contribution in [0.15, 0.2) is 11.1 Å². The number of nitrogens with zero attached hydrogens (tertiary/aromatic N) is 2. The van der Waals surface area contributed by atoms with E-state index < -0.39 is 0 Å². The van der Waals surface area contributed by atoms with Crippen molar-refractivity contribution < 1.29 is 8.97 Å². The van der Waals surface area contributed by atoms with Crippen LogP contribution < -0.4 is 0 Å². The van der Waals surface area contributed by atoms with Crippen molar-refractivity contribution in [3.8, 4) is 0 Å². The fraction of sp³-hybridized carbons (Fsp3) is 0.913. The summed E-state index contributed by atoms with van der Waals surface area (Å²) in [5, 5.41) is 0. The predicted octanol–water partition coefficient (Wildman–Crippen LogP) is 4.47. The Balaban J connectivity index is 1.52. The summed E-state index contributed by atoms with van der Waals surface area (Å²) >= 11 is 0. The van der Waals surface area contributed by atoms with Crippen LogP contribution in [0.2, 0.25) is 0 Å². The fourth-order valence-electron chi connectivity index (χ4n) is 7.14. The van der Waals surface area contributed by atoms with Gasteiger partial charge in [0, 0.05) is 18.3 Å². The maximum absolute atomic E-state index is 2.60. The molecule has 1 unspecified atom stereocenters. The monoisotopic (exact) mass is 346 g/mol. The predicted molar refractivity (Wildman–Crippen MR) is 106 cm³/mol. The molecule has 1 saturated heterocycles. The van der Waals surface area contributed by atoms with Gasteiger partial charge in [-0.05, 0) is 50.4 Å². The van der Waals surface area contributed by atoms with E-state index in [2.05, 4.69) is 28.2 Å². The molecule has 1 aliphatic heterocycles. The zero-order valence-corrected chi connectivity index (χ0v) is 17.4. The molecular formula is C23H42N2+2. The summed E-state index contributed by atoms with van der Waals surface area (Å²) in [6.07, 6.45) is 13.3. The van der Waals surface area contributed by atoms with E-state index in [0.29, 0.717) is 0 Å². The molecule has 0 aromatic heterocycles. The minimum absolute atomic E-state index is 0.987. The molecule has 4 aliphatic rings. The molecule has 1 heterocycles. The van der Waals surface area contributed by atoms with Crippen LogP contribution in [-0.4, -0.2) is 63.3 Å². The summed E-state index contributed by atoms with van der Waals surface area (Å²) < 4.78 is 2.50. The Morgan fingerprint density at radius 3 is 1.84 bits per heavy atom. The number of likely N-dealkylation sites (tertiary alicyclic amines) is 1. The minimum Gasteiger partial charge on any atom is -0.331 e. The average molecular weight is 347 g/mol. The molecule has 0 spiro atoms. The van der Waals surface area contributed by atoms with E-state index >= 15 is 0 Å². The number of hydrogen-bond donors (Lipinski definition) is 0. The lowest BCUT2D eigenvalue weighted by Gasteiger charge is -2.45. The van der Waals surface area contributed by atoms with Gasteiger partial charge in [-0.2, -0.15) is 0 Å². The Labute approximate surface area is 156 Å². The molecule has 5 atom stereocenters. The zero-order chi connectivity index (χ0) is 17.7. The second-order valence-corrected chi connectivity index (χ2v) is 11.2. The molecule has 3 aliphatic carbocycles. The van der Waals surface area contributed by atoms with E-state index in [9.17, 15) is 0 Å². The summed E-state index contributed by atoms with van der Waals surface area (Å²) in [6, 6.07) is 0. The molecular weight excluding hydrogens is 304 g/mol. The van der Waals surface area contributed by atoms with E-state index in [0.717, 1.165) is 28.2 Å². The van der Waals surface area contributed by atoms with Gasteiger partial charge in [0.2, 0.25) is 0 Å². The molecule has 0 amide bonds. The largest absolute Gasteiger partial charge is 0.331 e. The van der Waals surface area contributed by atoms with Crippen molar-refractivity contribution in [1.29, 1.82) is 0 Å². The molecule has 142 valence electrons. The third kappa shape index (κ3) is 3.58. The van der Waals surface area contributed by atoms with Crippen LogP contribution in [-0.2, 0) is 0 Å². The Morgan fingerprint density at radius 1 is 0.840 bits per heavy atom. The standard InChI is InChI=1S/C23H42N2/c1-24(2,3)14-9-15-25(4)16-22-20-12-7-5-10-18(20)19-11-6-8-13-21(19)23(22)17-25/h20-23H,5-17H2,1-4H3/q+2/t20-,21+,22-,23-,25?/m0/s1. The maximum Gasteiger partial charge on any atom is 0.0839 e. The van der Waals surface area contributed by atoms with Crippen molar-refractivity contribution >= 4 is 0 Å². The SMILES string of the molecule is C[N+](C)(C)CCC[N+]1(C)C[C@@H]2[C@@H](C1)[C@H]1CCCCC1=C1CCCC[C@H]12. The Hall–Kier alpha value is -0.340. The van der Waals surface area contributed by atoms with Gasteiger partial charge in [0.1, 0.15) is 0 Å². The Morgan fingerprint density at radius 2 is 1.36 bits per heavy atom. The van der Waals surface area contributed by atoms with Gasteiger partial charge >= 0.3 is 0 Å². The van der Waals surface area contributed by atoms with Crippen LogP contribution in [0.5, 0.6) is 0 Å². The highest BCUT2D eigenvalue weighted by Gasteiger charge is 2.53. The highest BCUT2D eigenvalue weighted by atomic mass is 15.4. The molecule has 0 bridgehead atoms. The number of rotatable bonds is 4. The van der Waals surface area contributed by atoms with Crippen molar-refractivity contribution in [1.82, 2.24) is 0 Å². The number of fused-ring (bicyclic) bond motifs is 5. The van der Waals surface area contributed by atoms with E-state index in [1.54, 1.807) is 0 Å². The highest BCUT2D eigenvalue weighted by Crippen LogP contribution is 2.55. The van der Waals surface area contributed by atoms with Gasteiger partial charge < -0.3 is 8.97 Å². The molecule has 0 N–H and O–H groups in total. The number of hydrogen-bond acceptors (Lipinski definition) is 0. The molecule has 25 heavy (non-hydrogen) atoms. The molecule has 2 nitrogen and oxygen atoms in total. The lowest BCUT2D eigenvalue weighted by Crippen LogP contribution is -2.45. The summed E-state index contributed by atoms with van der Waals surface area (Å²) in [7, 11) is 9.63. The van der Waals surface area contributed by atoms with Gasteiger partial charge in [0.25, 0.3) is 0 Å². The molecule has 2 saturated carbocycles.